The minimum atomic E-state index is -0.849. The number of thioether (sulfide) groups is 1. The molecule has 0 aromatic heterocycles. The smallest absolute Gasteiger partial charge is 0.310 e. The first-order valence-corrected chi connectivity index (χ1v) is 14.5. The second-order valence-electron chi connectivity index (χ2n) is 10.4. The first-order valence-electron chi connectivity index (χ1n) is 13.3. The summed E-state index contributed by atoms with van der Waals surface area (Å²) in [6.07, 6.45) is 6.65. The van der Waals surface area contributed by atoms with Gasteiger partial charge in [-0.3, -0.25) is 14.4 Å². The number of aryl methyl sites for hydroxylation is 1. The summed E-state index contributed by atoms with van der Waals surface area (Å²) in [4.78, 5) is 44.9. The Morgan fingerprint density at radius 1 is 1.32 bits per heavy atom. The van der Waals surface area contributed by atoms with Crippen LogP contribution < -0.4 is 4.90 Å². The number of unbranched alkanes of at least 4 members (excludes halogenated alkanes) is 2. The van der Waals surface area contributed by atoms with Gasteiger partial charge in [-0.15, -0.1) is 24.9 Å². The lowest BCUT2D eigenvalue weighted by Crippen LogP contribution is -2.57. The molecule has 38 heavy (non-hydrogen) atoms. The van der Waals surface area contributed by atoms with Gasteiger partial charge in [0.2, 0.25) is 5.91 Å². The number of benzene rings is 1. The van der Waals surface area contributed by atoms with Gasteiger partial charge in [0.25, 0.3) is 5.91 Å². The molecule has 1 aromatic carbocycles. The van der Waals surface area contributed by atoms with E-state index in [1.165, 1.54) is 4.90 Å². The highest BCUT2D eigenvalue weighted by molar-refractivity contribution is 8.02. The predicted molar refractivity (Wildman–Crippen MR) is 151 cm³/mol. The van der Waals surface area contributed by atoms with E-state index in [4.69, 9.17) is 16.3 Å². The van der Waals surface area contributed by atoms with Gasteiger partial charge >= 0.3 is 5.97 Å². The van der Waals surface area contributed by atoms with Gasteiger partial charge in [0.05, 0.1) is 40.5 Å². The van der Waals surface area contributed by atoms with Gasteiger partial charge in [-0.1, -0.05) is 42.8 Å². The fourth-order valence-electron chi connectivity index (χ4n) is 6.61. The van der Waals surface area contributed by atoms with E-state index in [0.29, 0.717) is 23.7 Å². The van der Waals surface area contributed by atoms with Gasteiger partial charge in [-0.05, 0) is 50.2 Å². The van der Waals surface area contributed by atoms with Crippen molar-refractivity contribution < 1.29 is 24.2 Å². The lowest BCUT2D eigenvalue weighted by molar-refractivity contribution is -0.154. The van der Waals surface area contributed by atoms with Crippen LogP contribution in [0.15, 0.2) is 43.5 Å². The number of esters is 1. The van der Waals surface area contributed by atoms with Gasteiger partial charge in [-0.2, -0.15) is 0 Å². The van der Waals surface area contributed by atoms with E-state index >= 15 is 0 Å². The number of amides is 2. The molecular formula is C29H37ClN2O5S. The minimum absolute atomic E-state index is 0.0121. The largest absolute Gasteiger partial charge is 0.465 e. The fraction of sp³-hybridized carbons (Fsp3) is 0.552. The summed E-state index contributed by atoms with van der Waals surface area (Å²) in [6.45, 7) is 11.7. The molecule has 3 saturated heterocycles. The third kappa shape index (κ3) is 4.69. The van der Waals surface area contributed by atoms with Crippen LogP contribution in [0.25, 0.3) is 0 Å². The number of anilines is 1. The Balaban J connectivity index is 1.71. The number of aliphatic hydroxyl groups excluding tert-OH is 1. The Kier molecular flexibility index (Phi) is 8.95. The Morgan fingerprint density at radius 2 is 2.08 bits per heavy atom. The standard InChI is InChI=1S/C29H37ClN2O5S/c1-5-7-8-9-16-37-28(36)22-21-17-19(4)29(38-21)23(22)26(34)32(14-15-33)25(29)27(35)31(13-6-2)24-18(3)11-10-12-20(24)30/h5-6,10-12,19,21-23,25,33H,1-2,7-9,13-17H2,3-4H3/t19?,21-,22+,23-,25?,29?/m0/s1. The van der Waals surface area contributed by atoms with Crippen LogP contribution in [0, 0.1) is 24.7 Å². The number of hydrogen-bond donors (Lipinski definition) is 1. The van der Waals surface area contributed by atoms with Crippen LogP contribution in [-0.4, -0.2) is 70.1 Å². The van der Waals surface area contributed by atoms with Crippen LogP contribution in [0.1, 0.15) is 38.2 Å². The number of halogens is 1. The summed E-state index contributed by atoms with van der Waals surface area (Å²) >= 11 is 8.16. The number of aliphatic hydroxyl groups is 1. The van der Waals surface area contributed by atoms with Crippen LogP contribution >= 0.6 is 23.4 Å². The van der Waals surface area contributed by atoms with Crippen molar-refractivity contribution in [3.63, 3.8) is 0 Å². The number of hydrogen-bond acceptors (Lipinski definition) is 6. The van der Waals surface area contributed by atoms with Crippen molar-refractivity contribution in [3.05, 3.63) is 54.1 Å². The van der Waals surface area contributed by atoms with Crippen LogP contribution in [-0.2, 0) is 19.1 Å². The average Bonchev–Trinajstić information content (AvgIpc) is 3.47. The molecule has 2 amide bonds. The van der Waals surface area contributed by atoms with E-state index in [2.05, 4.69) is 20.1 Å². The molecule has 7 nitrogen and oxygen atoms in total. The summed E-state index contributed by atoms with van der Waals surface area (Å²) in [5.41, 5.74) is 1.41. The molecule has 3 unspecified atom stereocenters. The monoisotopic (exact) mass is 560 g/mol. The lowest BCUT2D eigenvalue weighted by Gasteiger charge is -2.40. The van der Waals surface area contributed by atoms with E-state index in [0.717, 1.165) is 24.8 Å². The zero-order chi connectivity index (χ0) is 27.6. The molecule has 3 heterocycles. The third-order valence-corrected chi connectivity index (χ3v) is 10.6. The molecule has 3 aliphatic rings. The number of ether oxygens (including phenoxy) is 1. The molecule has 206 valence electrons. The first-order chi connectivity index (χ1) is 18.2. The van der Waals surface area contributed by atoms with E-state index < -0.39 is 22.6 Å². The van der Waals surface area contributed by atoms with Crippen molar-refractivity contribution in [3.8, 4) is 0 Å². The number of nitrogens with zero attached hydrogens (tertiary/aromatic N) is 2. The molecule has 1 N–H and O–H groups in total. The Morgan fingerprint density at radius 3 is 2.74 bits per heavy atom. The molecule has 1 spiro atoms. The molecule has 0 aliphatic carbocycles. The molecule has 0 radical (unpaired) electrons. The van der Waals surface area contributed by atoms with Gasteiger partial charge in [-0.25, -0.2) is 0 Å². The second kappa shape index (κ2) is 11.8. The van der Waals surface area contributed by atoms with Crippen molar-refractivity contribution in [1.82, 2.24) is 4.90 Å². The number of allylic oxidation sites excluding steroid dienone is 1. The number of likely N-dealkylation sites (tertiary alicyclic amines) is 1. The minimum Gasteiger partial charge on any atom is -0.465 e. The molecule has 3 fully saturated rings. The van der Waals surface area contributed by atoms with Crippen LogP contribution in [0.4, 0.5) is 5.69 Å². The summed E-state index contributed by atoms with van der Waals surface area (Å²) in [7, 11) is 0. The molecule has 3 aliphatic heterocycles. The van der Waals surface area contributed by atoms with Gasteiger partial charge < -0.3 is 19.6 Å². The normalized spacial score (nSPS) is 29.3. The van der Waals surface area contributed by atoms with Gasteiger partial charge in [0.15, 0.2) is 0 Å². The van der Waals surface area contributed by atoms with Crippen molar-refractivity contribution in [1.29, 1.82) is 0 Å². The SMILES string of the molecule is C=CCCCCOC(=O)[C@@H]1[C@@H]2CC(C)C3(S2)C(C(=O)N(CC=C)c2c(C)cccc2Cl)N(CCO)C(=O)[C@H]13. The van der Waals surface area contributed by atoms with Crippen LogP contribution in [0.2, 0.25) is 5.02 Å². The number of rotatable bonds is 12. The van der Waals surface area contributed by atoms with Gasteiger partial charge in [0, 0.05) is 18.3 Å². The van der Waals surface area contributed by atoms with Gasteiger partial charge in [0.1, 0.15) is 6.04 Å². The second-order valence-corrected chi connectivity index (χ2v) is 12.4. The molecule has 6 atom stereocenters. The average molecular weight is 561 g/mol. The number of carbonyl (C=O) groups is 3. The van der Waals surface area contributed by atoms with Crippen molar-refractivity contribution in [2.75, 3.05) is 31.2 Å². The maximum atomic E-state index is 14.5. The van der Waals surface area contributed by atoms with Crippen LogP contribution in [0.5, 0.6) is 0 Å². The number of β-amino-alcohol motifs (C(OH)–C–C–N with tert-alkyl or cyclic N) is 1. The van der Waals surface area contributed by atoms with E-state index in [9.17, 15) is 19.5 Å². The Bertz CT molecular complexity index is 1090. The van der Waals surface area contributed by atoms with Crippen molar-refractivity contribution in [2.24, 2.45) is 17.8 Å². The van der Waals surface area contributed by atoms with E-state index in [-0.39, 0.29) is 48.6 Å². The summed E-state index contributed by atoms with van der Waals surface area (Å²) in [6, 6.07) is 4.60. The Labute approximate surface area is 234 Å². The number of para-hydroxylation sites is 1. The Hall–Kier alpha value is -2.29. The highest BCUT2D eigenvalue weighted by Gasteiger charge is 2.76. The molecule has 9 heteroatoms. The van der Waals surface area contributed by atoms with E-state index in [1.807, 2.05) is 25.1 Å². The molecule has 0 saturated carbocycles. The summed E-state index contributed by atoms with van der Waals surface area (Å²) in [5, 5.41) is 10.2. The highest BCUT2D eigenvalue weighted by Crippen LogP contribution is 2.68. The maximum Gasteiger partial charge on any atom is 0.310 e. The third-order valence-electron chi connectivity index (χ3n) is 8.18. The maximum absolute atomic E-state index is 14.5. The highest BCUT2D eigenvalue weighted by atomic mass is 35.5. The topological polar surface area (TPSA) is 87.2 Å². The fourth-order valence-corrected chi connectivity index (χ4v) is 9.34. The number of carbonyl (C=O) groups excluding carboxylic acids is 3. The van der Waals surface area contributed by atoms with Crippen LogP contribution in [0.3, 0.4) is 0 Å². The van der Waals surface area contributed by atoms with Crippen molar-refractivity contribution in [2.45, 2.75) is 55.6 Å². The van der Waals surface area contributed by atoms with Crippen molar-refractivity contribution >= 4 is 46.8 Å². The predicted octanol–water partition coefficient (Wildman–Crippen LogP) is 4.40. The molecule has 4 rings (SSSR count). The number of fused-ring (bicyclic) bond motifs is 1. The molecular weight excluding hydrogens is 524 g/mol. The molecule has 1 aromatic rings. The molecule has 2 bridgehead atoms. The summed E-state index contributed by atoms with van der Waals surface area (Å²) in [5.74, 6) is -2.18. The summed E-state index contributed by atoms with van der Waals surface area (Å²) < 4.78 is 4.86. The first kappa shape index (κ1) is 28.7. The van der Waals surface area contributed by atoms with E-state index in [1.54, 1.807) is 28.8 Å². The lowest BCUT2D eigenvalue weighted by atomic mass is 9.66. The quantitative estimate of drug-likeness (QED) is 0.232. The zero-order valence-corrected chi connectivity index (χ0v) is 23.7. The zero-order valence-electron chi connectivity index (χ0n) is 22.1.